The first-order valence-electron chi connectivity index (χ1n) is 12.2. The Labute approximate surface area is 218 Å². The molecular weight excluding hydrogens is 496 g/mol. The molecule has 0 bridgehead atoms. The number of nitro benzene ring substituents is 1. The molecule has 0 fully saturated rings. The molecule has 2 rings (SSSR count). The number of amides is 2. The lowest BCUT2D eigenvalue weighted by molar-refractivity contribution is -0.384. The van der Waals surface area contributed by atoms with Gasteiger partial charge >= 0.3 is 0 Å². The van der Waals surface area contributed by atoms with E-state index >= 15 is 0 Å². The van der Waals surface area contributed by atoms with E-state index in [9.17, 15) is 28.1 Å². The van der Waals surface area contributed by atoms with Gasteiger partial charge in [0, 0.05) is 24.7 Å². The zero-order valence-corrected chi connectivity index (χ0v) is 23.0. The second kappa shape index (κ2) is 12.7. The smallest absolute Gasteiger partial charge is 0.271 e. The van der Waals surface area contributed by atoms with Crippen molar-refractivity contribution in [2.45, 2.75) is 66.1 Å². The molecule has 2 aromatic rings. The minimum absolute atomic E-state index is 0.0398. The molecule has 0 aromatic heterocycles. The fourth-order valence-electron chi connectivity index (χ4n) is 3.91. The normalized spacial score (nSPS) is 12.9. The second-order valence-corrected chi connectivity index (χ2v) is 11.1. The molecule has 0 aliphatic rings. The summed E-state index contributed by atoms with van der Waals surface area (Å²) >= 11 is 0. The van der Waals surface area contributed by atoms with E-state index in [-0.39, 0.29) is 29.9 Å². The van der Waals surface area contributed by atoms with Crippen LogP contribution in [0, 0.1) is 24.0 Å². The molecule has 2 atom stereocenters. The molecule has 11 heteroatoms. The quantitative estimate of drug-likeness (QED) is 0.328. The number of hydrogen-bond donors (Lipinski definition) is 1. The Morgan fingerprint density at radius 1 is 1.05 bits per heavy atom. The maximum atomic E-state index is 13.8. The van der Waals surface area contributed by atoms with Crippen molar-refractivity contribution >= 4 is 33.2 Å². The SMILES string of the molecule is CC[C@H](C(=O)N[C@@H](C)CC)N(Cc1ccccc1C)C(=O)CN(c1cc([N+](=O)[O-])ccc1C)S(C)(=O)=O. The van der Waals surface area contributed by atoms with E-state index in [1.54, 1.807) is 13.8 Å². The van der Waals surface area contributed by atoms with Gasteiger partial charge in [-0.05, 0) is 50.3 Å². The summed E-state index contributed by atoms with van der Waals surface area (Å²) in [4.78, 5) is 39.1. The third-order valence-corrected chi connectivity index (χ3v) is 7.47. The molecule has 0 heterocycles. The minimum Gasteiger partial charge on any atom is -0.352 e. The number of nitrogens with zero attached hydrogens (tertiary/aromatic N) is 3. The van der Waals surface area contributed by atoms with E-state index in [1.807, 2.05) is 45.0 Å². The fraction of sp³-hybridized carbons (Fsp3) is 0.462. The Morgan fingerprint density at radius 3 is 2.24 bits per heavy atom. The molecule has 0 spiro atoms. The number of hydrogen-bond acceptors (Lipinski definition) is 6. The second-order valence-electron chi connectivity index (χ2n) is 9.19. The van der Waals surface area contributed by atoms with E-state index < -0.39 is 33.4 Å². The van der Waals surface area contributed by atoms with E-state index in [0.29, 0.717) is 18.4 Å². The van der Waals surface area contributed by atoms with Gasteiger partial charge in [0.2, 0.25) is 21.8 Å². The van der Waals surface area contributed by atoms with Gasteiger partial charge in [0.25, 0.3) is 5.69 Å². The molecule has 10 nitrogen and oxygen atoms in total. The first-order valence-corrected chi connectivity index (χ1v) is 14.0. The number of nitro groups is 1. The standard InChI is InChI=1S/C26H36N4O6S/c1-7-20(5)27-26(32)23(8-2)28(16-21-12-10-9-11-18(21)3)25(31)17-29(37(6,35)36)24-15-22(30(33)34)14-13-19(24)4/h9-15,20,23H,7-8,16-17H2,1-6H3,(H,27,32)/t20-,23+/m0/s1. The molecule has 0 saturated carbocycles. The van der Waals surface area contributed by atoms with Crippen molar-refractivity contribution in [3.63, 3.8) is 0 Å². The number of non-ortho nitro benzene ring substituents is 1. The van der Waals surface area contributed by atoms with Crippen LogP contribution in [0.5, 0.6) is 0 Å². The largest absolute Gasteiger partial charge is 0.352 e. The maximum absolute atomic E-state index is 13.8. The van der Waals surface area contributed by atoms with Gasteiger partial charge in [0.15, 0.2) is 0 Å². The maximum Gasteiger partial charge on any atom is 0.271 e. The van der Waals surface area contributed by atoms with Gasteiger partial charge in [0.05, 0.1) is 16.9 Å². The highest BCUT2D eigenvalue weighted by Crippen LogP contribution is 2.28. The van der Waals surface area contributed by atoms with Gasteiger partial charge in [-0.2, -0.15) is 0 Å². The van der Waals surface area contributed by atoms with Gasteiger partial charge in [-0.25, -0.2) is 8.42 Å². The molecule has 0 saturated heterocycles. The highest BCUT2D eigenvalue weighted by molar-refractivity contribution is 7.92. The third kappa shape index (κ3) is 7.75. The zero-order valence-electron chi connectivity index (χ0n) is 22.2. The Hall–Kier alpha value is -3.47. The number of carbonyl (C=O) groups excluding carboxylic acids is 2. The average molecular weight is 533 g/mol. The summed E-state index contributed by atoms with van der Waals surface area (Å²) in [5.41, 5.74) is 1.95. The lowest BCUT2D eigenvalue weighted by Crippen LogP contribution is -2.53. The first-order chi connectivity index (χ1) is 17.3. The summed E-state index contributed by atoms with van der Waals surface area (Å²) in [6.07, 6.45) is 1.97. The van der Waals surface area contributed by atoms with Crippen LogP contribution in [-0.4, -0.2) is 54.9 Å². The Bertz CT molecular complexity index is 1250. The predicted molar refractivity (Wildman–Crippen MR) is 144 cm³/mol. The van der Waals surface area contributed by atoms with Crippen molar-refractivity contribution in [1.82, 2.24) is 10.2 Å². The number of carbonyl (C=O) groups is 2. The number of aryl methyl sites for hydroxylation is 2. The van der Waals surface area contributed by atoms with E-state index in [0.717, 1.165) is 27.8 Å². The van der Waals surface area contributed by atoms with Crippen LogP contribution in [-0.2, 0) is 26.2 Å². The fourth-order valence-corrected chi connectivity index (χ4v) is 4.81. The summed E-state index contributed by atoms with van der Waals surface area (Å²) in [5, 5.41) is 14.3. The number of benzene rings is 2. The number of nitrogens with one attached hydrogen (secondary N) is 1. The molecule has 2 aromatic carbocycles. The van der Waals surface area contributed by atoms with Crippen molar-refractivity contribution in [2.24, 2.45) is 0 Å². The molecule has 2 amide bonds. The molecule has 0 aliphatic heterocycles. The highest BCUT2D eigenvalue weighted by atomic mass is 32.2. The summed E-state index contributed by atoms with van der Waals surface area (Å²) in [7, 11) is -4.01. The summed E-state index contributed by atoms with van der Waals surface area (Å²) in [6.45, 7) is 8.60. The van der Waals surface area contributed by atoms with E-state index in [4.69, 9.17) is 0 Å². The predicted octanol–water partition coefficient (Wildman–Crippen LogP) is 3.70. The Morgan fingerprint density at radius 2 is 1.70 bits per heavy atom. The third-order valence-electron chi connectivity index (χ3n) is 6.34. The number of rotatable bonds is 12. The van der Waals surface area contributed by atoms with Gasteiger partial charge < -0.3 is 10.2 Å². The van der Waals surface area contributed by atoms with Gasteiger partial charge in [0.1, 0.15) is 12.6 Å². The average Bonchev–Trinajstić information content (AvgIpc) is 2.82. The topological polar surface area (TPSA) is 130 Å². The Kier molecular flexibility index (Phi) is 10.2. The summed E-state index contributed by atoms with van der Waals surface area (Å²) in [6, 6.07) is 10.4. The number of sulfonamides is 1. The van der Waals surface area contributed by atoms with E-state index in [1.165, 1.54) is 17.0 Å². The van der Waals surface area contributed by atoms with Crippen LogP contribution in [0.15, 0.2) is 42.5 Å². The molecule has 1 N–H and O–H groups in total. The van der Waals surface area contributed by atoms with Crippen molar-refractivity contribution in [3.05, 3.63) is 69.3 Å². The van der Waals surface area contributed by atoms with Crippen LogP contribution in [0.3, 0.4) is 0 Å². The van der Waals surface area contributed by atoms with Crippen molar-refractivity contribution in [1.29, 1.82) is 0 Å². The summed E-state index contributed by atoms with van der Waals surface area (Å²) < 4.78 is 26.5. The first kappa shape index (κ1) is 29.8. The molecule has 202 valence electrons. The molecule has 0 radical (unpaired) electrons. The van der Waals surface area contributed by atoms with Gasteiger partial charge in [-0.1, -0.05) is 44.2 Å². The minimum atomic E-state index is -4.01. The van der Waals surface area contributed by atoms with Gasteiger partial charge in [-0.15, -0.1) is 0 Å². The van der Waals surface area contributed by atoms with Crippen LogP contribution in [0.2, 0.25) is 0 Å². The van der Waals surface area contributed by atoms with Crippen LogP contribution >= 0.6 is 0 Å². The molecule has 0 aliphatic carbocycles. The van der Waals surface area contributed by atoms with Crippen molar-refractivity contribution in [2.75, 3.05) is 17.1 Å². The molecule has 0 unspecified atom stereocenters. The Balaban J connectivity index is 2.54. The van der Waals surface area contributed by atoms with Crippen molar-refractivity contribution in [3.8, 4) is 0 Å². The van der Waals surface area contributed by atoms with Gasteiger partial charge in [-0.3, -0.25) is 24.0 Å². The van der Waals surface area contributed by atoms with Crippen LogP contribution in [0.4, 0.5) is 11.4 Å². The lowest BCUT2D eigenvalue weighted by Gasteiger charge is -2.34. The van der Waals surface area contributed by atoms with Crippen molar-refractivity contribution < 1.29 is 22.9 Å². The van der Waals surface area contributed by atoms with Crippen LogP contribution in [0.25, 0.3) is 0 Å². The zero-order chi connectivity index (χ0) is 27.9. The molecule has 37 heavy (non-hydrogen) atoms. The van der Waals surface area contributed by atoms with Crippen LogP contribution < -0.4 is 9.62 Å². The monoisotopic (exact) mass is 532 g/mol. The lowest BCUT2D eigenvalue weighted by atomic mass is 10.1. The molecular formula is C26H36N4O6S. The number of anilines is 1. The van der Waals surface area contributed by atoms with Crippen LogP contribution in [0.1, 0.15) is 50.3 Å². The van der Waals surface area contributed by atoms with E-state index in [2.05, 4.69) is 5.32 Å². The highest BCUT2D eigenvalue weighted by Gasteiger charge is 2.33. The summed E-state index contributed by atoms with van der Waals surface area (Å²) in [5.74, 6) is -0.915.